The van der Waals surface area contributed by atoms with Gasteiger partial charge in [-0.1, -0.05) is 13.0 Å². The van der Waals surface area contributed by atoms with E-state index >= 15 is 0 Å². The molecule has 0 saturated heterocycles. The third-order valence-corrected chi connectivity index (χ3v) is 5.72. The second kappa shape index (κ2) is 7.91. The first-order valence-electron chi connectivity index (χ1n) is 8.80. The molecule has 26 heavy (non-hydrogen) atoms. The van der Waals surface area contributed by atoms with E-state index in [2.05, 4.69) is 12.2 Å². The van der Waals surface area contributed by atoms with Crippen LogP contribution in [0.5, 0.6) is 5.75 Å². The molecule has 138 valence electrons. The van der Waals surface area contributed by atoms with Crippen molar-refractivity contribution in [2.45, 2.75) is 33.1 Å². The zero-order valence-corrected chi connectivity index (χ0v) is 16.1. The Labute approximate surface area is 157 Å². The number of anilines is 1. The summed E-state index contributed by atoms with van der Waals surface area (Å²) >= 11 is 1.49. The topological polar surface area (TPSA) is 64.6 Å². The number of benzene rings is 1. The lowest BCUT2D eigenvalue weighted by molar-refractivity contribution is 0.0526. The maximum atomic E-state index is 12.7. The number of fused-ring (bicyclic) bond motifs is 1. The molecule has 0 unspecified atom stereocenters. The first kappa shape index (κ1) is 18.5. The summed E-state index contributed by atoms with van der Waals surface area (Å²) in [5.74, 6) is 0.572. The number of hydrogen-bond acceptors (Lipinski definition) is 5. The molecule has 0 bridgehead atoms. The van der Waals surface area contributed by atoms with Gasteiger partial charge < -0.3 is 14.8 Å². The third kappa shape index (κ3) is 3.75. The van der Waals surface area contributed by atoms with Crippen molar-refractivity contribution in [2.75, 3.05) is 19.0 Å². The highest BCUT2D eigenvalue weighted by atomic mass is 32.1. The van der Waals surface area contributed by atoms with Gasteiger partial charge in [0.1, 0.15) is 10.8 Å². The zero-order valence-electron chi connectivity index (χ0n) is 15.3. The van der Waals surface area contributed by atoms with Crippen LogP contribution in [0.1, 0.15) is 51.4 Å². The van der Waals surface area contributed by atoms with E-state index in [1.165, 1.54) is 16.2 Å². The molecule has 1 aromatic carbocycles. The number of amides is 1. The summed E-state index contributed by atoms with van der Waals surface area (Å²) in [6.45, 7) is 4.30. The molecule has 3 rings (SSSR count). The highest BCUT2D eigenvalue weighted by Crippen LogP contribution is 2.40. The first-order chi connectivity index (χ1) is 12.5. The van der Waals surface area contributed by atoms with Crippen molar-refractivity contribution in [2.24, 2.45) is 5.92 Å². The van der Waals surface area contributed by atoms with Crippen LogP contribution < -0.4 is 10.1 Å². The number of carbonyl (C=O) groups excluding carboxylic acids is 2. The number of nitrogens with one attached hydrogen (secondary N) is 1. The number of carbonyl (C=O) groups is 2. The van der Waals surface area contributed by atoms with Gasteiger partial charge in [-0.05, 0) is 55.9 Å². The van der Waals surface area contributed by atoms with Gasteiger partial charge in [0.05, 0.1) is 19.3 Å². The van der Waals surface area contributed by atoms with E-state index in [9.17, 15) is 9.59 Å². The van der Waals surface area contributed by atoms with E-state index in [1.807, 2.05) is 0 Å². The van der Waals surface area contributed by atoms with E-state index < -0.39 is 0 Å². The lowest BCUT2D eigenvalue weighted by atomic mass is 9.88. The van der Waals surface area contributed by atoms with Crippen LogP contribution in [0.25, 0.3) is 0 Å². The summed E-state index contributed by atoms with van der Waals surface area (Å²) in [6.07, 6.45) is 2.82. The zero-order chi connectivity index (χ0) is 18.7. The number of rotatable bonds is 5. The van der Waals surface area contributed by atoms with Crippen LogP contribution in [0.4, 0.5) is 5.00 Å². The van der Waals surface area contributed by atoms with Gasteiger partial charge in [-0.25, -0.2) is 4.79 Å². The molecule has 0 radical (unpaired) electrons. The molecular weight excluding hydrogens is 350 g/mol. The van der Waals surface area contributed by atoms with E-state index in [0.29, 0.717) is 34.4 Å². The summed E-state index contributed by atoms with van der Waals surface area (Å²) in [5, 5.41) is 3.49. The van der Waals surface area contributed by atoms with Crippen LogP contribution >= 0.6 is 11.3 Å². The minimum absolute atomic E-state index is 0.263. The van der Waals surface area contributed by atoms with E-state index in [0.717, 1.165) is 24.8 Å². The molecule has 0 aliphatic heterocycles. The molecule has 6 heteroatoms. The molecule has 1 atom stereocenters. The van der Waals surface area contributed by atoms with Crippen LogP contribution in [0.15, 0.2) is 24.3 Å². The average molecular weight is 373 g/mol. The number of methoxy groups -OCH3 is 1. The minimum Gasteiger partial charge on any atom is -0.497 e. The molecule has 0 spiro atoms. The van der Waals surface area contributed by atoms with Crippen molar-refractivity contribution in [3.05, 3.63) is 45.8 Å². The predicted molar refractivity (Wildman–Crippen MR) is 102 cm³/mol. The smallest absolute Gasteiger partial charge is 0.341 e. The van der Waals surface area contributed by atoms with Crippen molar-refractivity contribution in [1.29, 1.82) is 0 Å². The van der Waals surface area contributed by atoms with Gasteiger partial charge in [0, 0.05) is 10.4 Å². The van der Waals surface area contributed by atoms with Gasteiger partial charge in [-0.2, -0.15) is 0 Å². The fourth-order valence-electron chi connectivity index (χ4n) is 3.20. The number of thiophene rings is 1. The quantitative estimate of drug-likeness (QED) is 0.793. The maximum Gasteiger partial charge on any atom is 0.341 e. The minimum atomic E-state index is -0.361. The lowest BCUT2D eigenvalue weighted by Gasteiger charge is -2.18. The second-order valence-corrected chi connectivity index (χ2v) is 7.57. The molecule has 5 nitrogen and oxygen atoms in total. The van der Waals surface area contributed by atoms with Gasteiger partial charge in [0.2, 0.25) is 0 Å². The van der Waals surface area contributed by atoms with Gasteiger partial charge >= 0.3 is 5.97 Å². The first-order valence-corrected chi connectivity index (χ1v) is 9.62. The van der Waals surface area contributed by atoms with Crippen LogP contribution in [-0.2, 0) is 17.6 Å². The molecule has 1 N–H and O–H groups in total. The van der Waals surface area contributed by atoms with Crippen molar-refractivity contribution >= 4 is 28.2 Å². The Morgan fingerprint density at radius 1 is 1.35 bits per heavy atom. The normalized spacial score (nSPS) is 15.9. The summed E-state index contributed by atoms with van der Waals surface area (Å²) in [6, 6.07) is 6.94. The van der Waals surface area contributed by atoms with Gasteiger partial charge in [-0.3, -0.25) is 4.79 Å². The van der Waals surface area contributed by atoms with Crippen molar-refractivity contribution in [3.8, 4) is 5.75 Å². The van der Waals surface area contributed by atoms with Crippen molar-refractivity contribution < 1.29 is 19.1 Å². The van der Waals surface area contributed by atoms with Crippen molar-refractivity contribution in [1.82, 2.24) is 0 Å². The lowest BCUT2D eigenvalue weighted by Crippen LogP contribution is -2.16. The van der Waals surface area contributed by atoms with Crippen LogP contribution in [0.3, 0.4) is 0 Å². The summed E-state index contributed by atoms with van der Waals surface area (Å²) in [4.78, 5) is 26.4. The van der Waals surface area contributed by atoms with Crippen LogP contribution in [0, 0.1) is 5.92 Å². The van der Waals surface area contributed by atoms with Gasteiger partial charge in [-0.15, -0.1) is 11.3 Å². The Balaban J connectivity index is 1.93. The standard InChI is InChI=1S/C20H23NO4S/c1-4-25-20(23)17-15-9-8-12(2)10-16(15)26-19(17)21-18(22)13-6-5-7-14(11-13)24-3/h5-7,11-12H,4,8-10H2,1-3H3,(H,21,22)/t12-/m0/s1. The number of ether oxygens (including phenoxy) is 2. The number of hydrogen-bond donors (Lipinski definition) is 1. The fraction of sp³-hybridized carbons (Fsp3) is 0.400. The Morgan fingerprint density at radius 2 is 2.15 bits per heavy atom. The molecule has 1 aliphatic rings. The van der Waals surface area contributed by atoms with Crippen LogP contribution in [0.2, 0.25) is 0 Å². The molecule has 2 aromatic rings. The van der Waals surface area contributed by atoms with Crippen molar-refractivity contribution in [3.63, 3.8) is 0 Å². The Morgan fingerprint density at radius 3 is 2.88 bits per heavy atom. The monoisotopic (exact) mass is 373 g/mol. The summed E-state index contributed by atoms with van der Waals surface area (Å²) in [5.41, 5.74) is 2.04. The molecule has 1 aliphatic carbocycles. The van der Waals surface area contributed by atoms with Crippen LogP contribution in [-0.4, -0.2) is 25.6 Å². The molecule has 0 fully saturated rings. The molecule has 1 aromatic heterocycles. The summed E-state index contributed by atoms with van der Waals surface area (Å²) in [7, 11) is 1.56. The average Bonchev–Trinajstić information content (AvgIpc) is 2.98. The third-order valence-electron chi connectivity index (χ3n) is 4.55. The predicted octanol–water partition coefficient (Wildman–Crippen LogP) is 4.31. The molecular formula is C20H23NO4S. The highest BCUT2D eigenvalue weighted by Gasteiger charge is 2.29. The van der Waals surface area contributed by atoms with E-state index in [-0.39, 0.29) is 11.9 Å². The van der Waals surface area contributed by atoms with E-state index in [1.54, 1.807) is 38.3 Å². The fourth-order valence-corrected chi connectivity index (χ4v) is 4.59. The molecule has 1 amide bonds. The Hall–Kier alpha value is -2.34. The molecule has 1 heterocycles. The molecule has 0 saturated carbocycles. The Bertz CT molecular complexity index is 827. The largest absolute Gasteiger partial charge is 0.497 e. The van der Waals surface area contributed by atoms with Gasteiger partial charge in [0.25, 0.3) is 5.91 Å². The number of esters is 1. The maximum absolute atomic E-state index is 12.7. The summed E-state index contributed by atoms with van der Waals surface area (Å²) < 4.78 is 10.4. The Kier molecular flexibility index (Phi) is 5.61. The second-order valence-electron chi connectivity index (χ2n) is 6.46. The highest BCUT2D eigenvalue weighted by molar-refractivity contribution is 7.17. The van der Waals surface area contributed by atoms with E-state index in [4.69, 9.17) is 9.47 Å². The van der Waals surface area contributed by atoms with Gasteiger partial charge in [0.15, 0.2) is 0 Å². The SMILES string of the molecule is CCOC(=O)c1c(NC(=O)c2cccc(OC)c2)sc2c1CC[C@H](C)C2.